The molecule has 5 heteroatoms. The van der Waals surface area contributed by atoms with Gasteiger partial charge in [-0.1, -0.05) is 0 Å². The van der Waals surface area contributed by atoms with Crippen molar-refractivity contribution < 1.29 is 10.0 Å². The highest BCUT2D eigenvalue weighted by Crippen LogP contribution is 2.00. The smallest absolute Gasteiger partial charge is 0.422 e. The lowest BCUT2D eigenvalue weighted by molar-refractivity contribution is 0.424. The molecule has 12 heavy (non-hydrogen) atoms. The molecule has 1 aromatic heterocycles. The lowest BCUT2D eigenvalue weighted by atomic mass is 9.84. The first-order chi connectivity index (χ1) is 5.65. The maximum Gasteiger partial charge on any atom is 0.508 e. The minimum atomic E-state index is -1.57. The van der Waals surface area contributed by atoms with Gasteiger partial charge in [-0.3, -0.25) is 4.98 Å². The fourth-order valence-electron chi connectivity index (χ4n) is 0.836. The van der Waals surface area contributed by atoms with E-state index in [9.17, 15) is 0 Å². The van der Waals surface area contributed by atoms with E-state index in [0.29, 0.717) is 11.1 Å². The van der Waals surface area contributed by atoms with Crippen molar-refractivity contribution in [3.8, 4) is 6.07 Å². The van der Waals surface area contributed by atoms with Crippen LogP contribution in [0, 0.1) is 18.3 Å². The Kier molecular flexibility index (Phi) is 2.43. The van der Waals surface area contributed by atoms with Gasteiger partial charge in [0.15, 0.2) is 0 Å². The molecule has 0 spiro atoms. The van der Waals surface area contributed by atoms with Gasteiger partial charge in [0.05, 0.1) is 11.2 Å². The average Bonchev–Trinajstić information content (AvgIpc) is 2.04. The van der Waals surface area contributed by atoms with Gasteiger partial charge >= 0.3 is 7.12 Å². The molecule has 0 saturated heterocycles. The van der Waals surface area contributed by atoms with Gasteiger partial charge in [0.25, 0.3) is 0 Å². The summed E-state index contributed by atoms with van der Waals surface area (Å²) >= 11 is 0. The molecule has 0 amide bonds. The molecule has 1 rings (SSSR count). The second-order valence-electron chi connectivity index (χ2n) is 2.41. The van der Waals surface area contributed by atoms with E-state index in [4.69, 9.17) is 15.3 Å². The van der Waals surface area contributed by atoms with Gasteiger partial charge in [-0.15, -0.1) is 0 Å². The van der Waals surface area contributed by atoms with Crippen LogP contribution in [0.1, 0.15) is 11.1 Å². The normalized spacial score (nSPS) is 9.17. The summed E-state index contributed by atoms with van der Waals surface area (Å²) in [4.78, 5) is 3.69. The van der Waals surface area contributed by atoms with Crippen LogP contribution in [-0.2, 0) is 0 Å². The molecule has 60 valence electrons. The van der Waals surface area contributed by atoms with E-state index in [1.54, 1.807) is 6.92 Å². The monoisotopic (exact) mass is 162 g/mol. The molecule has 0 aromatic carbocycles. The van der Waals surface area contributed by atoms with Gasteiger partial charge < -0.3 is 10.0 Å². The highest BCUT2D eigenvalue weighted by atomic mass is 16.4. The summed E-state index contributed by atoms with van der Waals surface area (Å²) < 4.78 is 0. The highest BCUT2D eigenvalue weighted by Gasteiger charge is 2.13. The van der Waals surface area contributed by atoms with Crippen molar-refractivity contribution in [2.75, 3.05) is 0 Å². The summed E-state index contributed by atoms with van der Waals surface area (Å²) in [6.07, 6.45) is 1.32. The molecule has 0 saturated carbocycles. The first-order valence-electron chi connectivity index (χ1n) is 3.38. The zero-order valence-corrected chi connectivity index (χ0v) is 6.52. The van der Waals surface area contributed by atoms with E-state index < -0.39 is 7.12 Å². The molecule has 0 atom stereocenters. The molecular weight excluding hydrogens is 155 g/mol. The summed E-state index contributed by atoms with van der Waals surface area (Å²) in [5, 5.41) is 26.0. The second kappa shape index (κ2) is 3.35. The van der Waals surface area contributed by atoms with E-state index in [-0.39, 0.29) is 5.59 Å². The maximum atomic E-state index is 8.72. The van der Waals surface area contributed by atoms with Crippen molar-refractivity contribution in [3.63, 3.8) is 0 Å². The van der Waals surface area contributed by atoms with Gasteiger partial charge in [0.1, 0.15) is 6.07 Å². The topological polar surface area (TPSA) is 77.1 Å². The molecule has 4 nitrogen and oxygen atoms in total. The molecular formula is C7H7BN2O2. The summed E-state index contributed by atoms with van der Waals surface area (Å²) in [5.74, 6) is 0. The number of aryl methyl sites for hydroxylation is 1. The zero-order chi connectivity index (χ0) is 9.14. The van der Waals surface area contributed by atoms with Crippen LogP contribution < -0.4 is 5.59 Å². The van der Waals surface area contributed by atoms with E-state index in [1.165, 1.54) is 12.3 Å². The predicted octanol–water partition coefficient (Wildman–Crippen LogP) is -1.06. The minimum absolute atomic E-state index is 0.159. The standard InChI is InChI=1S/C7H7BN2O2/c1-5-2-7(8(11)12)10-4-6(5)3-9/h2,4,11-12H,1H3. The van der Waals surface area contributed by atoms with Crippen molar-refractivity contribution in [2.45, 2.75) is 6.92 Å². The molecule has 0 aliphatic carbocycles. The number of pyridine rings is 1. The van der Waals surface area contributed by atoms with E-state index >= 15 is 0 Å². The summed E-state index contributed by atoms with van der Waals surface area (Å²) in [6, 6.07) is 3.41. The fourth-order valence-corrected chi connectivity index (χ4v) is 0.836. The first-order valence-corrected chi connectivity index (χ1v) is 3.38. The molecule has 1 aromatic rings. The molecule has 0 unspecified atom stereocenters. The number of nitrogens with zero attached hydrogens (tertiary/aromatic N) is 2. The number of aromatic nitrogens is 1. The Morgan fingerprint density at radius 2 is 2.25 bits per heavy atom. The lowest BCUT2D eigenvalue weighted by Gasteiger charge is -2.00. The quantitative estimate of drug-likeness (QED) is 0.516. The Hall–Kier alpha value is -1.38. The molecule has 0 radical (unpaired) electrons. The number of rotatable bonds is 1. The number of hydrogen-bond acceptors (Lipinski definition) is 4. The van der Waals surface area contributed by atoms with Crippen LogP contribution in [0.2, 0.25) is 0 Å². The maximum absolute atomic E-state index is 8.72. The van der Waals surface area contributed by atoms with Crippen molar-refractivity contribution in [1.82, 2.24) is 4.98 Å². The van der Waals surface area contributed by atoms with Crippen LogP contribution in [0.4, 0.5) is 0 Å². The van der Waals surface area contributed by atoms with Crippen LogP contribution in [0.5, 0.6) is 0 Å². The predicted molar refractivity (Wildman–Crippen MR) is 43.5 cm³/mol. The van der Waals surface area contributed by atoms with Crippen molar-refractivity contribution in [3.05, 3.63) is 23.4 Å². The Bertz CT molecular complexity index is 333. The van der Waals surface area contributed by atoms with Gasteiger partial charge in [0, 0.05) is 6.20 Å². The summed E-state index contributed by atoms with van der Waals surface area (Å²) in [7, 11) is -1.57. The largest absolute Gasteiger partial charge is 0.508 e. The van der Waals surface area contributed by atoms with Crippen molar-refractivity contribution in [1.29, 1.82) is 5.26 Å². The SMILES string of the molecule is Cc1cc(B(O)O)ncc1C#N. The number of nitriles is 1. The van der Waals surface area contributed by atoms with Gasteiger partial charge in [-0.25, -0.2) is 0 Å². The Balaban J connectivity index is 3.12. The Morgan fingerprint density at radius 3 is 2.67 bits per heavy atom. The third kappa shape index (κ3) is 1.61. The molecule has 0 aliphatic rings. The summed E-state index contributed by atoms with van der Waals surface area (Å²) in [5.41, 5.74) is 1.29. The zero-order valence-electron chi connectivity index (χ0n) is 6.52. The van der Waals surface area contributed by atoms with E-state index in [1.807, 2.05) is 6.07 Å². The molecule has 2 N–H and O–H groups in total. The van der Waals surface area contributed by atoms with Crippen LogP contribution >= 0.6 is 0 Å². The Labute approximate surface area is 70.3 Å². The molecule has 0 fully saturated rings. The van der Waals surface area contributed by atoms with Crippen LogP contribution in [0.15, 0.2) is 12.3 Å². The molecule has 0 bridgehead atoms. The Morgan fingerprint density at radius 1 is 1.58 bits per heavy atom. The summed E-state index contributed by atoms with van der Waals surface area (Å²) in [6.45, 7) is 1.71. The third-order valence-electron chi connectivity index (χ3n) is 1.52. The van der Waals surface area contributed by atoms with Gasteiger partial charge in [0.2, 0.25) is 0 Å². The van der Waals surface area contributed by atoms with E-state index in [0.717, 1.165) is 0 Å². The van der Waals surface area contributed by atoms with Crippen molar-refractivity contribution in [2.24, 2.45) is 0 Å². The fraction of sp³-hybridized carbons (Fsp3) is 0.143. The number of hydrogen-bond donors (Lipinski definition) is 2. The lowest BCUT2D eigenvalue weighted by Crippen LogP contribution is -2.32. The van der Waals surface area contributed by atoms with Crippen LogP contribution in [-0.4, -0.2) is 22.2 Å². The first kappa shape index (κ1) is 8.72. The highest BCUT2D eigenvalue weighted by molar-refractivity contribution is 6.57. The minimum Gasteiger partial charge on any atom is -0.422 e. The third-order valence-corrected chi connectivity index (χ3v) is 1.52. The second-order valence-corrected chi connectivity index (χ2v) is 2.41. The van der Waals surface area contributed by atoms with E-state index in [2.05, 4.69) is 4.98 Å². The van der Waals surface area contributed by atoms with Crippen LogP contribution in [0.25, 0.3) is 0 Å². The van der Waals surface area contributed by atoms with Crippen molar-refractivity contribution >= 4 is 12.7 Å². The molecule has 1 heterocycles. The van der Waals surface area contributed by atoms with Crippen LogP contribution in [0.3, 0.4) is 0 Å². The van der Waals surface area contributed by atoms with Gasteiger partial charge in [-0.05, 0) is 18.6 Å². The van der Waals surface area contributed by atoms with Gasteiger partial charge in [-0.2, -0.15) is 5.26 Å². The molecule has 0 aliphatic heterocycles. The average molecular weight is 162 g/mol.